The van der Waals surface area contributed by atoms with Crippen molar-refractivity contribution in [1.29, 1.82) is 0 Å². The van der Waals surface area contributed by atoms with Crippen molar-refractivity contribution in [3.63, 3.8) is 0 Å². The summed E-state index contributed by atoms with van der Waals surface area (Å²) in [6.45, 7) is 3.15. The van der Waals surface area contributed by atoms with Gasteiger partial charge in [0.05, 0.1) is 6.61 Å². The van der Waals surface area contributed by atoms with E-state index in [0.717, 1.165) is 10.7 Å². The van der Waals surface area contributed by atoms with Gasteiger partial charge in [0.1, 0.15) is 29.1 Å². The van der Waals surface area contributed by atoms with Crippen LogP contribution in [0.1, 0.15) is 41.4 Å². The molecule has 2 aliphatic rings. The van der Waals surface area contributed by atoms with Crippen LogP contribution in [-0.2, 0) is 21.0 Å². The molecule has 0 saturated carbocycles. The molecular weight excluding hydrogens is 544 g/mol. The Labute approximate surface area is 229 Å². The van der Waals surface area contributed by atoms with E-state index in [2.05, 4.69) is 20.7 Å². The van der Waals surface area contributed by atoms with Gasteiger partial charge < -0.3 is 25.7 Å². The van der Waals surface area contributed by atoms with Gasteiger partial charge >= 0.3 is 5.97 Å². The van der Waals surface area contributed by atoms with E-state index in [-0.39, 0.29) is 17.8 Å². The zero-order valence-electron chi connectivity index (χ0n) is 21.2. The van der Waals surface area contributed by atoms with Crippen molar-refractivity contribution < 1.29 is 29.4 Å². The third-order valence-corrected chi connectivity index (χ3v) is 8.42. The molecule has 2 saturated heterocycles. The lowest BCUT2D eigenvalue weighted by molar-refractivity contribution is -0.161. The standard InChI is InChI=1S/C25H24N6O8S/c1-25(2)18(24(38)39)30-22(37)17(23(30)40-25)28-20(35)16(12-5-3-11(10-32)4-6-12)27-19(34)13-9-26-14-7-8-15(33)29-31(14)21(13)36/h3-9,16-18,23,32H,10H2,1-2H3,(H,27,34)(H,28,35)(H,29,33)(H,38,39)/t16?,17-,18+,23-/m1/s1. The van der Waals surface area contributed by atoms with Crippen molar-refractivity contribution in [3.05, 3.63) is 80.0 Å². The van der Waals surface area contributed by atoms with Gasteiger partial charge in [-0.05, 0) is 31.0 Å². The number of β-lactam (4-membered cyclic amide) rings is 1. The monoisotopic (exact) mass is 568 g/mol. The predicted molar refractivity (Wildman–Crippen MR) is 140 cm³/mol. The Balaban J connectivity index is 1.43. The number of hydrogen-bond donors (Lipinski definition) is 5. The van der Waals surface area contributed by atoms with E-state index in [0.29, 0.717) is 5.56 Å². The molecule has 15 heteroatoms. The number of thioether (sulfide) groups is 1. The first-order chi connectivity index (χ1) is 18.9. The summed E-state index contributed by atoms with van der Waals surface area (Å²) in [5.41, 5.74) is -0.982. The number of fused-ring (bicyclic) bond motifs is 2. The first-order valence-electron chi connectivity index (χ1n) is 12.1. The third kappa shape index (κ3) is 4.52. The van der Waals surface area contributed by atoms with E-state index in [1.807, 2.05) is 0 Å². The average molecular weight is 569 g/mol. The average Bonchev–Trinajstić information content (AvgIpc) is 3.18. The van der Waals surface area contributed by atoms with Crippen LogP contribution in [-0.4, -0.2) is 75.6 Å². The number of carbonyl (C=O) groups excluding carboxylic acids is 3. The minimum Gasteiger partial charge on any atom is -0.480 e. The molecular formula is C25H24N6O8S. The molecule has 0 radical (unpaired) electrons. The Hall–Kier alpha value is -4.50. The molecule has 3 amide bonds. The van der Waals surface area contributed by atoms with Crippen molar-refractivity contribution in [1.82, 2.24) is 30.1 Å². The molecule has 208 valence electrons. The third-order valence-electron chi connectivity index (χ3n) is 6.84. The quantitative estimate of drug-likeness (QED) is 0.219. The molecule has 5 rings (SSSR count). The van der Waals surface area contributed by atoms with Gasteiger partial charge in [0.25, 0.3) is 17.0 Å². The summed E-state index contributed by atoms with van der Waals surface area (Å²) in [7, 11) is 0. The molecule has 0 aliphatic carbocycles. The minimum absolute atomic E-state index is 0.0970. The van der Waals surface area contributed by atoms with Crippen LogP contribution in [0.25, 0.3) is 5.65 Å². The number of carboxylic acids is 1. The van der Waals surface area contributed by atoms with Crippen molar-refractivity contribution in [3.8, 4) is 0 Å². The molecule has 0 spiro atoms. The lowest BCUT2D eigenvalue weighted by atomic mass is 9.95. The fourth-order valence-corrected chi connectivity index (χ4v) is 6.48. The van der Waals surface area contributed by atoms with Crippen LogP contribution in [0.4, 0.5) is 0 Å². The molecule has 2 aliphatic heterocycles. The number of benzene rings is 1. The van der Waals surface area contributed by atoms with Gasteiger partial charge in [-0.25, -0.2) is 9.78 Å². The molecule has 4 heterocycles. The summed E-state index contributed by atoms with van der Waals surface area (Å²) in [4.78, 5) is 81.2. The smallest absolute Gasteiger partial charge is 0.327 e. The van der Waals surface area contributed by atoms with Crippen molar-refractivity contribution in [2.45, 2.75) is 48.7 Å². The van der Waals surface area contributed by atoms with Crippen LogP contribution in [0, 0.1) is 0 Å². The van der Waals surface area contributed by atoms with Crippen LogP contribution < -0.4 is 21.8 Å². The number of carboxylic acid groups (broad SMARTS) is 1. The molecule has 2 aromatic heterocycles. The summed E-state index contributed by atoms with van der Waals surface area (Å²) >= 11 is 1.25. The van der Waals surface area contributed by atoms with Gasteiger partial charge in [0.15, 0.2) is 5.65 Å². The number of aliphatic hydroxyl groups excluding tert-OH is 1. The van der Waals surface area contributed by atoms with Crippen LogP contribution in [0.5, 0.6) is 0 Å². The molecule has 0 bridgehead atoms. The Kier molecular flexibility index (Phi) is 6.71. The fraction of sp³-hybridized carbons (Fsp3) is 0.320. The second-order valence-electron chi connectivity index (χ2n) is 9.87. The van der Waals surface area contributed by atoms with Crippen molar-refractivity contribution in [2.24, 2.45) is 0 Å². The zero-order chi connectivity index (χ0) is 28.9. The topological polar surface area (TPSA) is 203 Å². The predicted octanol–water partition coefficient (Wildman–Crippen LogP) is -1.02. The molecule has 4 atom stereocenters. The number of H-pyrrole nitrogens is 1. The molecule has 1 unspecified atom stereocenters. The number of nitrogens with zero attached hydrogens (tertiary/aromatic N) is 3. The van der Waals surface area contributed by atoms with E-state index in [1.54, 1.807) is 26.0 Å². The largest absolute Gasteiger partial charge is 0.480 e. The number of nitrogens with one attached hydrogen (secondary N) is 3. The maximum absolute atomic E-state index is 13.5. The fourth-order valence-electron chi connectivity index (χ4n) is 4.85. The first kappa shape index (κ1) is 27.1. The summed E-state index contributed by atoms with van der Waals surface area (Å²) in [6.07, 6.45) is 1.02. The number of hydrogen-bond acceptors (Lipinski definition) is 9. The number of aliphatic hydroxyl groups is 1. The highest BCUT2D eigenvalue weighted by Gasteiger charge is 2.64. The van der Waals surface area contributed by atoms with Crippen molar-refractivity contribution in [2.75, 3.05) is 0 Å². The Morgan fingerprint density at radius 3 is 2.48 bits per heavy atom. The number of aromatic amines is 1. The summed E-state index contributed by atoms with van der Waals surface area (Å²) in [5.74, 6) is -3.45. The molecule has 3 aromatic rings. The van der Waals surface area contributed by atoms with Gasteiger partial charge in [-0.15, -0.1) is 11.8 Å². The van der Waals surface area contributed by atoms with Gasteiger partial charge in [-0.1, -0.05) is 24.3 Å². The Morgan fingerprint density at radius 2 is 1.82 bits per heavy atom. The summed E-state index contributed by atoms with van der Waals surface area (Å²) in [6, 6.07) is 5.08. The summed E-state index contributed by atoms with van der Waals surface area (Å²) in [5, 5.41) is 25.8. The number of amides is 3. The van der Waals surface area contributed by atoms with E-state index in [9.17, 15) is 39.0 Å². The lowest BCUT2D eigenvalue weighted by Gasteiger charge is -2.44. The van der Waals surface area contributed by atoms with Crippen LogP contribution in [0.3, 0.4) is 0 Å². The van der Waals surface area contributed by atoms with Gasteiger partial charge in [0, 0.05) is 17.0 Å². The van der Waals surface area contributed by atoms with Gasteiger partial charge in [0.2, 0.25) is 11.8 Å². The molecule has 1 aromatic carbocycles. The van der Waals surface area contributed by atoms with Crippen LogP contribution in [0.2, 0.25) is 0 Å². The number of aliphatic carboxylic acids is 1. The second-order valence-corrected chi connectivity index (χ2v) is 11.6. The van der Waals surface area contributed by atoms with E-state index in [1.165, 1.54) is 40.9 Å². The minimum atomic E-state index is -1.38. The first-order valence-corrected chi connectivity index (χ1v) is 13.0. The highest BCUT2D eigenvalue weighted by Crippen LogP contribution is 2.50. The highest BCUT2D eigenvalue weighted by atomic mass is 32.2. The maximum Gasteiger partial charge on any atom is 0.327 e. The lowest BCUT2D eigenvalue weighted by Crippen LogP contribution is -2.71. The zero-order valence-corrected chi connectivity index (χ0v) is 22.0. The van der Waals surface area contributed by atoms with Crippen LogP contribution in [0.15, 0.2) is 52.2 Å². The number of carbonyl (C=O) groups is 4. The summed E-state index contributed by atoms with van der Waals surface area (Å²) < 4.78 is 0.00749. The molecule has 2 fully saturated rings. The second kappa shape index (κ2) is 9.91. The van der Waals surface area contributed by atoms with Gasteiger partial charge in [-0.2, -0.15) is 4.52 Å². The Morgan fingerprint density at radius 1 is 1.12 bits per heavy atom. The Bertz CT molecular complexity index is 1670. The van der Waals surface area contributed by atoms with Crippen molar-refractivity contribution >= 4 is 41.1 Å². The number of rotatable bonds is 7. The van der Waals surface area contributed by atoms with Gasteiger partial charge in [-0.3, -0.25) is 29.1 Å². The molecule has 40 heavy (non-hydrogen) atoms. The highest BCUT2D eigenvalue weighted by molar-refractivity contribution is 8.01. The molecule has 14 nitrogen and oxygen atoms in total. The number of aromatic nitrogens is 3. The normalized spacial score (nSPS) is 21.8. The van der Waals surface area contributed by atoms with E-state index < -0.39 is 68.6 Å². The maximum atomic E-state index is 13.5. The van der Waals surface area contributed by atoms with Crippen LogP contribution >= 0.6 is 11.8 Å². The SMILES string of the molecule is CC1(C)S[C@@H]2[C@H](NC(=O)C(NC(=O)c3cnc4ccc(=O)[nH]n4c3=O)c3ccc(CO)cc3)C(=O)N2[C@H]1C(=O)O. The van der Waals surface area contributed by atoms with E-state index >= 15 is 0 Å². The molecule has 5 N–H and O–H groups in total. The van der Waals surface area contributed by atoms with E-state index in [4.69, 9.17) is 0 Å².